The SMILES string of the molecule is CCOC(=O)c1c(OCCOC)nc(Cl)c(F)c1NC(=O)NC(=O)C(Cl)(Cl)Cl. The maximum Gasteiger partial charge on any atom is 0.345 e. The number of carbonyl (C=O) groups is 3. The lowest BCUT2D eigenvalue weighted by Gasteiger charge is -2.17. The normalized spacial score (nSPS) is 11.0. The summed E-state index contributed by atoms with van der Waals surface area (Å²) in [5.41, 5.74) is -1.32. The van der Waals surface area contributed by atoms with Crippen molar-refractivity contribution in [1.82, 2.24) is 10.3 Å². The number of halogens is 5. The van der Waals surface area contributed by atoms with Gasteiger partial charge in [-0.05, 0) is 6.92 Å². The van der Waals surface area contributed by atoms with E-state index in [4.69, 9.17) is 60.6 Å². The van der Waals surface area contributed by atoms with Crippen molar-refractivity contribution in [3.63, 3.8) is 0 Å². The largest absolute Gasteiger partial charge is 0.475 e. The molecule has 3 amide bonds. The Morgan fingerprint density at radius 3 is 2.39 bits per heavy atom. The van der Waals surface area contributed by atoms with Crippen LogP contribution in [0.4, 0.5) is 14.9 Å². The maximum absolute atomic E-state index is 14.5. The molecule has 1 rings (SSSR count). The predicted octanol–water partition coefficient (Wildman–Crippen LogP) is 3.09. The van der Waals surface area contributed by atoms with Gasteiger partial charge >= 0.3 is 12.0 Å². The average Bonchev–Trinajstić information content (AvgIpc) is 2.58. The Labute approximate surface area is 178 Å². The standard InChI is InChI=1S/C14H14Cl4FN3O6/c1-3-27-11(23)6-8(20-13(25)22-12(24)14(16,17)18)7(19)9(15)21-10(6)28-5-4-26-2/h3-5H2,1-2H3,(H2,20,21,22,24,25). The van der Waals surface area contributed by atoms with Gasteiger partial charge in [0, 0.05) is 7.11 Å². The van der Waals surface area contributed by atoms with Gasteiger partial charge in [0.2, 0.25) is 5.88 Å². The van der Waals surface area contributed by atoms with Crippen LogP contribution >= 0.6 is 46.4 Å². The number of methoxy groups -OCH3 is 1. The Bertz CT molecular complexity index is 760. The van der Waals surface area contributed by atoms with Gasteiger partial charge in [0.25, 0.3) is 9.70 Å². The second-order valence-corrected chi connectivity index (χ2v) is 7.38. The smallest absolute Gasteiger partial charge is 0.345 e. The fraction of sp³-hybridized carbons (Fsp3) is 0.429. The van der Waals surface area contributed by atoms with Crippen molar-refractivity contribution in [1.29, 1.82) is 0 Å². The van der Waals surface area contributed by atoms with Gasteiger partial charge in [-0.15, -0.1) is 0 Å². The van der Waals surface area contributed by atoms with Gasteiger partial charge in [-0.3, -0.25) is 10.1 Å². The number of ether oxygens (including phenoxy) is 3. The molecular weight excluding hydrogens is 467 g/mol. The molecule has 0 aliphatic heterocycles. The molecule has 0 saturated carbocycles. The fourth-order valence-corrected chi connectivity index (χ4v) is 1.98. The molecule has 0 saturated heterocycles. The molecule has 0 radical (unpaired) electrons. The third kappa shape index (κ3) is 6.78. The summed E-state index contributed by atoms with van der Waals surface area (Å²) >= 11 is 21.7. The zero-order chi connectivity index (χ0) is 21.5. The second-order valence-electron chi connectivity index (χ2n) is 4.74. The maximum atomic E-state index is 14.5. The molecule has 28 heavy (non-hydrogen) atoms. The molecule has 2 N–H and O–H groups in total. The van der Waals surface area contributed by atoms with Gasteiger partial charge in [0.05, 0.1) is 13.2 Å². The topological polar surface area (TPSA) is 116 Å². The Morgan fingerprint density at radius 2 is 1.86 bits per heavy atom. The summed E-state index contributed by atoms with van der Waals surface area (Å²) < 4.78 is 26.9. The van der Waals surface area contributed by atoms with Crippen LogP contribution in [0.5, 0.6) is 5.88 Å². The van der Waals surface area contributed by atoms with Gasteiger partial charge in [-0.25, -0.2) is 14.0 Å². The first-order valence-corrected chi connectivity index (χ1v) is 8.91. The first kappa shape index (κ1) is 24.4. The first-order valence-electron chi connectivity index (χ1n) is 7.39. The Kier molecular flexibility index (Phi) is 9.45. The molecule has 0 spiro atoms. The van der Waals surface area contributed by atoms with E-state index in [1.807, 2.05) is 5.32 Å². The number of nitrogens with zero attached hydrogens (tertiary/aromatic N) is 1. The van der Waals surface area contributed by atoms with Crippen LogP contribution in [0.25, 0.3) is 0 Å². The molecule has 0 bridgehead atoms. The Morgan fingerprint density at radius 1 is 1.21 bits per heavy atom. The number of pyridine rings is 1. The molecule has 0 atom stereocenters. The summed E-state index contributed by atoms with van der Waals surface area (Å²) in [6.45, 7) is 1.47. The number of imide groups is 1. The minimum Gasteiger partial charge on any atom is -0.475 e. The van der Waals surface area contributed by atoms with E-state index in [2.05, 4.69) is 4.98 Å². The lowest BCUT2D eigenvalue weighted by Crippen LogP contribution is -2.41. The lowest BCUT2D eigenvalue weighted by molar-refractivity contribution is -0.119. The zero-order valence-electron chi connectivity index (χ0n) is 14.4. The summed E-state index contributed by atoms with van der Waals surface area (Å²) in [6, 6.07) is -1.31. The number of aromatic nitrogens is 1. The number of anilines is 1. The van der Waals surface area contributed by atoms with Crippen LogP contribution < -0.4 is 15.4 Å². The van der Waals surface area contributed by atoms with Crippen LogP contribution in [0.15, 0.2) is 0 Å². The monoisotopic (exact) mass is 479 g/mol. The molecular formula is C14H14Cl4FN3O6. The van der Waals surface area contributed by atoms with Crippen molar-refractivity contribution in [3.05, 3.63) is 16.5 Å². The number of rotatable bonds is 7. The number of amides is 3. The molecule has 0 aliphatic rings. The van der Waals surface area contributed by atoms with E-state index in [-0.39, 0.29) is 19.8 Å². The van der Waals surface area contributed by atoms with Gasteiger partial charge in [0.1, 0.15) is 17.9 Å². The summed E-state index contributed by atoms with van der Waals surface area (Å²) in [5.74, 6) is -4.09. The molecule has 0 fully saturated rings. The third-order valence-corrected chi connectivity index (χ3v) is 3.56. The van der Waals surface area contributed by atoms with E-state index in [9.17, 15) is 18.8 Å². The van der Waals surface area contributed by atoms with Crippen LogP contribution in [0.1, 0.15) is 17.3 Å². The molecule has 9 nitrogen and oxygen atoms in total. The van der Waals surface area contributed by atoms with E-state index >= 15 is 0 Å². The average molecular weight is 481 g/mol. The van der Waals surface area contributed by atoms with E-state index in [1.165, 1.54) is 14.0 Å². The number of nitrogens with one attached hydrogen (secondary N) is 2. The van der Waals surface area contributed by atoms with Crippen LogP contribution in [0, 0.1) is 5.82 Å². The number of alkyl halides is 3. The number of esters is 1. The highest BCUT2D eigenvalue weighted by atomic mass is 35.6. The van der Waals surface area contributed by atoms with E-state index in [1.54, 1.807) is 5.32 Å². The van der Waals surface area contributed by atoms with Crippen molar-refractivity contribution < 1.29 is 33.0 Å². The van der Waals surface area contributed by atoms with Gasteiger partial charge < -0.3 is 19.5 Å². The van der Waals surface area contributed by atoms with Crippen molar-refractivity contribution in [2.24, 2.45) is 0 Å². The van der Waals surface area contributed by atoms with Crippen LogP contribution in [-0.2, 0) is 14.3 Å². The van der Waals surface area contributed by atoms with Gasteiger partial charge in [0.15, 0.2) is 11.0 Å². The number of urea groups is 1. The molecule has 0 aromatic carbocycles. The molecule has 1 heterocycles. The van der Waals surface area contributed by atoms with Gasteiger partial charge in [-0.2, -0.15) is 4.98 Å². The zero-order valence-corrected chi connectivity index (χ0v) is 17.4. The Hall–Kier alpha value is -1.59. The summed E-state index contributed by atoms with van der Waals surface area (Å²) in [4.78, 5) is 39.4. The first-order chi connectivity index (χ1) is 13.0. The molecule has 0 aliphatic carbocycles. The number of hydrogen-bond acceptors (Lipinski definition) is 7. The van der Waals surface area contributed by atoms with Crippen molar-refractivity contribution in [3.8, 4) is 5.88 Å². The predicted molar refractivity (Wildman–Crippen MR) is 100.0 cm³/mol. The van der Waals surface area contributed by atoms with Crippen LogP contribution in [-0.4, -0.2) is 53.6 Å². The highest BCUT2D eigenvalue weighted by molar-refractivity contribution is 6.76. The summed E-state index contributed by atoms with van der Waals surface area (Å²) in [6.07, 6.45) is 0. The Balaban J connectivity index is 3.31. The quantitative estimate of drug-likeness (QED) is 0.266. The van der Waals surface area contributed by atoms with Crippen molar-refractivity contribution >= 4 is 70.0 Å². The van der Waals surface area contributed by atoms with Gasteiger partial charge in [-0.1, -0.05) is 46.4 Å². The summed E-state index contributed by atoms with van der Waals surface area (Å²) in [7, 11) is 1.40. The van der Waals surface area contributed by atoms with E-state index < -0.39 is 49.8 Å². The molecule has 156 valence electrons. The minimum atomic E-state index is -2.45. The molecule has 14 heteroatoms. The van der Waals surface area contributed by atoms with Crippen molar-refractivity contribution in [2.75, 3.05) is 32.2 Å². The minimum absolute atomic E-state index is 0.0715. The summed E-state index contributed by atoms with van der Waals surface area (Å²) in [5, 5.41) is 2.87. The van der Waals surface area contributed by atoms with E-state index in [0.717, 1.165) is 0 Å². The van der Waals surface area contributed by atoms with Crippen LogP contribution in [0.2, 0.25) is 5.15 Å². The lowest BCUT2D eigenvalue weighted by atomic mass is 10.2. The second kappa shape index (κ2) is 10.8. The molecule has 1 aromatic heterocycles. The third-order valence-electron chi connectivity index (χ3n) is 2.79. The number of carbonyl (C=O) groups excluding carboxylic acids is 3. The highest BCUT2D eigenvalue weighted by Gasteiger charge is 2.33. The molecule has 1 aromatic rings. The van der Waals surface area contributed by atoms with E-state index in [0.29, 0.717) is 0 Å². The molecule has 0 unspecified atom stereocenters. The highest BCUT2D eigenvalue weighted by Crippen LogP contribution is 2.33. The van der Waals surface area contributed by atoms with Crippen LogP contribution in [0.3, 0.4) is 0 Å². The fourth-order valence-electron chi connectivity index (χ4n) is 1.67. The van der Waals surface area contributed by atoms with Crippen molar-refractivity contribution in [2.45, 2.75) is 10.7 Å². The number of hydrogen-bond donors (Lipinski definition) is 2.